The smallest absolute Gasteiger partial charge is 0.0830 e. The third kappa shape index (κ3) is 3.30. The Morgan fingerprint density at radius 2 is 2.07 bits per heavy atom. The molecule has 0 aliphatic rings. The van der Waals surface area contributed by atoms with Crippen LogP contribution in [-0.2, 0) is 0 Å². The number of nitrogens with two attached hydrogens (primary N) is 1. The molecule has 0 spiro atoms. The van der Waals surface area contributed by atoms with Crippen LogP contribution in [0.15, 0.2) is 22.7 Å². The summed E-state index contributed by atoms with van der Waals surface area (Å²) in [5, 5.41) is 10.1. The second kappa shape index (κ2) is 5.64. The standard InChI is InChI=1S/C12H18BrNO/c1-3-9(7-14)12(15)10-4-8(2)5-11(13)6-10/h4-6,9,12,15H,3,7,14H2,1-2H3. The van der Waals surface area contributed by atoms with Gasteiger partial charge in [0.15, 0.2) is 0 Å². The highest BCUT2D eigenvalue weighted by molar-refractivity contribution is 9.10. The molecule has 1 rings (SSSR count). The zero-order chi connectivity index (χ0) is 11.4. The van der Waals surface area contributed by atoms with E-state index < -0.39 is 6.10 Å². The molecule has 0 bridgehead atoms. The number of aliphatic hydroxyl groups excluding tert-OH is 1. The first-order chi connectivity index (χ1) is 7.08. The van der Waals surface area contributed by atoms with Crippen LogP contribution in [0.4, 0.5) is 0 Å². The monoisotopic (exact) mass is 271 g/mol. The molecular weight excluding hydrogens is 254 g/mol. The zero-order valence-electron chi connectivity index (χ0n) is 9.20. The summed E-state index contributed by atoms with van der Waals surface area (Å²) in [7, 11) is 0. The topological polar surface area (TPSA) is 46.2 Å². The molecular formula is C12H18BrNO. The molecule has 0 saturated heterocycles. The second-order valence-electron chi connectivity index (χ2n) is 3.91. The van der Waals surface area contributed by atoms with Crippen molar-refractivity contribution < 1.29 is 5.11 Å². The number of halogens is 1. The number of aliphatic hydroxyl groups is 1. The summed E-state index contributed by atoms with van der Waals surface area (Å²) < 4.78 is 1.00. The Labute approximate surface area is 99.6 Å². The van der Waals surface area contributed by atoms with E-state index in [0.29, 0.717) is 6.54 Å². The molecule has 0 saturated carbocycles. The van der Waals surface area contributed by atoms with Gasteiger partial charge in [-0.15, -0.1) is 0 Å². The second-order valence-corrected chi connectivity index (χ2v) is 4.83. The Hall–Kier alpha value is -0.380. The van der Waals surface area contributed by atoms with Gasteiger partial charge in [0, 0.05) is 10.4 Å². The summed E-state index contributed by atoms with van der Waals surface area (Å²) in [6.07, 6.45) is 0.430. The van der Waals surface area contributed by atoms with Gasteiger partial charge in [0.25, 0.3) is 0 Å². The molecule has 84 valence electrons. The zero-order valence-corrected chi connectivity index (χ0v) is 10.8. The van der Waals surface area contributed by atoms with Gasteiger partial charge in [0.1, 0.15) is 0 Å². The average Bonchev–Trinajstić information content (AvgIpc) is 2.18. The van der Waals surface area contributed by atoms with E-state index in [4.69, 9.17) is 5.73 Å². The number of hydrogen-bond donors (Lipinski definition) is 2. The van der Waals surface area contributed by atoms with Crippen LogP contribution in [0.3, 0.4) is 0 Å². The fourth-order valence-corrected chi connectivity index (χ4v) is 2.35. The molecule has 0 radical (unpaired) electrons. The Morgan fingerprint density at radius 3 is 2.53 bits per heavy atom. The summed E-state index contributed by atoms with van der Waals surface area (Å²) >= 11 is 3.43. The molecule has 0 amide bonds. The average molecular weight is 272 g/mol. The molecule has 2 nitrogen and oxygen atoms in total. The lowest BCUT2D eigenvalue weighted by atomic mass is 9.93. The molecule has 3 N–H and O–H groups in total. The van der Waals surface area contributed by atoms with Crippen LogP contribution in [0.5, 0.6) is 0 Å². The van der Waals surface area contributed by atoms with Gasteiger partial charge in [-0.25, -0.2) is 0 Å². The molecule has 3 heteroatoms. The largest absolute Gasteiger partial charge is 0.388 e. The first kappa shape index (κ1) is 12.7. The summed E-state index contributed by atoms with van der Waals surface area (Å²) in [6, 6.07) is 5.99. The van der Waals surface area contributed by atoms with Crippen molar-refractivity contribution in [2.24, 2.45) is 11.7 Å². The van der Waals surface area contributed by atoms with Crippen LogP contribution in [0.2, 0.25) is 0 Å². The van der Waals surface area contributed by atoms with E-state index >= 15 is 0 Å². The number of benzene rings is 1. The minimum atomic E-state index is -0.462. The highest BCUT2D eigenvalue weighted by atomic mass is 79.9. The number of rotatable bonds is 4. The molecule has 0 aliphatic carbocycles. The minimum absolute atomic E-state index is 0.138. The Kier molecular flexibility index (Phi) is 4.77. The molecule has 0 fully saturated rings. The van der Waals surface area contributed by atoms with Crippen molar-refractivity contribution in [2.75, 3.05) is 6.54 Å². The predicted molar refractivity (Wildman–Crippen MR) is 66.7 cm³/mol. The quantitative estimate of drug-likeness (QED) is 0.885. The van der Waals surface area contributed by atoms with Crippen LogP contribution >= 0.6 is 15.9 Å². The van der Waals surface area contributed by atoms with Crippen LogP contribution in [0.25, 0.3) is 0 Å². The van der Waals surface area contributed by atoms with E-state index in [0.717, 1.165) is 22.0 Å². The predicted octanol–water partition coefficient (Wildman–Crippen LogP) is 2.78. The Morgan fingerprint density at radius 1 is 1.40 bits per heavy atom. The lowest BCUT2D eigenvalue weighted by molar-refractivity contribution is 0.110. The van der Waals surface area contributed by atoms with Crippen LogP contribution in [-0.4, -0.2) is 11.7 Å². The fourth-order valence-electron chi connectivity index (χ4n) is 1.73. The van der Waals surface area contributed by atoms with E-state index in [-0.39, 0.29) is 5.92 Å². The summed E-state index contributed by atoms with van der Waals surface area (Å²) in [6.45, 7) is 4.58. The van der Waals surface area contributed by atoms with Crippen molar-refractivity contribution in [3.8, 4) is 0 Å². The highest BCUT2D eigenvalue weighted by Crippen LogP contribution is 2.27. The lowest BCUT2D eigenvalue weighted by Gasteiger charge is -2.20. The van der Waals surface area contributed by atoms with Gasteiger partial charge < -0.3 is 10.8 Å². The summed E-state index contributed by atoms with van der Waals surface area (Å²) in [4.78, 5) is 0. The van der Waals surface area contributed by atoms with Crippen molar-refractivity contribution in [2.45, 2.75) is 26.4 Å². The van der Waals surface area contributed by atoms with Gasteiger partial charge in [-0.2, -0.15) is 0 Å². The maximum absolute atomic E-state index is 10.1. The van der Waals surface area contributed by atoms with Crippen LogP contribution in [0.1, 0.15) is 30.6 Å². The molecule has 15 heavy (non-hydrogen) atoms. The molecule has 0 heterocycles. The third-order valence-corrected chi connectivity index (χ3v) is 3.14. The number of aryl methyl sites for hydroxylation is 1. The van der Waals surface area contributed by atoms with E-state index in [1.54, 1.807) is 0 Å². The minimum Gasteiger partial charge on any atom is -0.388 e. The van der Waals surface area contributed by atoms with Crippen molar-refractivity contribution in [3.63, 3.8) is 0 Å². The molecule has 0 aliphatic heterocycles. The van der Waals surface area contributed by atoms with Gasteiger partial charge in [0.05, 0.1) is 6.10 Å². The maximum Gasteiger partial charge on any atom is 0.0830 e. The van der Waals surface area contributed by atoms with Gasteiger partial charge in [0.2, 0.25) is 0 Å². The van der Waals surface area contributed by atoms with E-state index in [9.17, 15) is 5.11 Å². The fraction of sp³-hybridized carbons (Fsp3) is 0.500. The Bertz CT molecular complexity index is 303. The van der Waals surface area contributed by atoms with Gasteiger partial charge in [-0.05, 0) is 43.1 Å². The number of hydrogen-bond acceptors (Lipinski definition) is 2. The molecule has 0 aromatic heterocycles. The van der Waals surface area contributed by atoms with E-state index in [1.807, 2.05) is 32.0 Å². The first-order valence-corrected chi connectivity index (χ1v) is 6.03. The third-order valence-electron chi connectivity index (χ3n) is 2.68. The summed E-state index contributed by atoms with van der Waals surface area (Å²) in [5.74, 6) is 0.138. The van der Waals surface area contributed by atoms with E-state index in [1.165, 1.54) is 0 Å². The molecule has 1 aromatic carbocycles. The maximum atomic E-state index is 10.1. The highest BCUT2D eigenvalue weighted by Gasteiger charge is 2.18. The SMILES string of the molecule is CCC(CN)C(O)c1cc(C)cc(Br)c1. The van der Waals surface area contributed by atoms with E-state index in [2.05, 4.69) is 15.9 Å². The van der Waals surface area contributed by atoms with Gasteiger partial charge >= 0.3 is 0 Å². The molecule has 2 unspecified atom stereocenters. The van der Waals surface area contributed by atoms with Crippen LogP contribution in [0, 0.1) is 12.8 Å². The summed E-state index contributed by atoms with van der Waals surface area (Å²) in [5.41, 5.74) is 7.71. The normalized spacial score (nSPS) is 15.0. The molecule has 2 atom stereocenters. The van der Waals surface area contributed by atoms with Gasteiger partial charge in [-0.1, -0.05) is 28.9 Å². The van der Waals surface area contributed by atoms with Crippen molar-refractivity contribution >= 4 is 15.9 Å². The lowest BCUT2D eigenvalue weighted by Crippen LogP contribution is -2.21. The van der Waals surface area contributed by atoms with Crippen molar-refractivity contribution in [1.29, 1.82) is 0 Å². The van der Waals surface area contributed by atoms with Gasteiger partial charge in [-0.3, -0.25) is 0 Å². The molecule has 1 aromatic rings. The first-order valence-electron chi connectivity index (χ1n) is 5.23. The Balaban J connectivity index is 2.94. The van der Waals surface area contributed by atoms with Crippen LogP contribution < -0.4 is 5.73 Å². The van der Waals surface area contributed by atoms with Crippen molar-refractivity contribution in [3.05, 3.63) is 33.8 Å². The van der Waals surface area contributed by atoms with Crippen molar-refractivity contribution in [1.82, 2.24) is 0 Å².